The Morgan fingerprint density at radius 3 is 2.62 bits per heavy atom. The van der Waals surface area contributed by atoms with Crippen LogP contribution in [0.15, 0.2) is 0 Å². The van der Waals surface area contributed by atoms with E-state index in [0.29, 0.717) is 17.7 Å². The van der Waals surface area contributed by atoms with E-state index in [0.717, 1.165) is 32.4 Å². The van der Waals surface area contributed by atoms with Gasteiger partial charge in [0, 0.05) is 19.0 Å². The SMILES string of the molecule is CC1CCN(C(=O)C2CC2)CC1Cl. The number of rotatable bonds is 1. The number of piperidine rings is 1. The summed E-state index contributed by atoms with van der Waals surface area (Å²) in [6.45, 7) is 3.84. The molecule has 3 heteroatoms. The lowest BCUT2D eigenvalue weighted by atomic mass is 9.98. The van der Waals surface area contributed by atoms with E-state index in [-0.39, 0.29) is 5.38 Å². The maximum absolute atomic E-state index is 11.7. The maximum Gasteiger partial charge on any atom is 0.225 e. The molecule has 0 spiro atoms. The zero-order chi connectivity index (χ0) is 9.42. The molecule has 2 atom stereocenters. The van der Waals surface area contributed by atoms with Crippen molar-refractivity contribution < 1.29 is 4.79 Å². The number of carbonyl (C=O) groups excluding carboxylic acids is 1. The smallest absolute Gasteiger partial charge is 0.225 e. The molecular weight excluding hydrogens is 186 g/mol. The van der Waals surface area contributed by atoms with Crippen LogP contribution in [0, 0.1) is 11.8 Å². The first-order valence-electron chi connectivity index (χ1n) is 5.11. The van der Waals surface area contributed by atoms with E-state index in [4.69, 9.17) is 11.6 Å². The van der Waals surface area contributed by atoms with Gasteiger partial charge in [-0.05, 0) is 25.2 Å². The molecule has 2 fully saturated rings. The predicted molar refractivity (Wildman–Crippen MR) is 52.7 cm³/mol. The van der Waals surface area contributed by atoms with Gasteiger partial charge in [0.1, 0.15) is 0 Å². The van der Waals surface area contributed by atoms with Crippen LogP contribution in [0.4, 0.5) is 0 Å². The van der Waals surface area contributed by atoms with Crippen LogP contribution in [0.2, 0.25) is 0 Å². The highest BCUT2D eigenvalue weighted by atomic mass is 35.5. The molecule has 0 N–H and O–H groups in total. The molecule has 2 unspecified atom stereocenters. The second kappa shape index (κ2) is 3.49. The zero-order valence-electron chi connectivity index (χ0n) is 8.00. The van der Waals surface area contributed by atoms with E-state index in [1.54, 1.807) is 0 Å². The Morgan fingerprint density at radius 1 is 1.38 bits per heavy atom. The lowest BCUT2D eigenvalue weighted by Gasteiger charge is -2.34. The van der Waals surface area contributed by atoms with Gasteiger partial charge in [0.05, 0.1) is 5.38 Å². The van der Waals surface area contributed by atoms with Gasteiger partial charge in [-0.1, -0.05) is 6.92 Å². The molecule has 1 heterocycles. The van der Waals surface area contributed by atoms with Crippen molar-refractivity contribution in [1.29, 1.82) is 0 Å². The molecule has 0 bridgehead atoms. The summed E-state index contributed by atoms with van der Waals surface area (Å²) in [6.07, 6.45) is 3.25. The summed E-state index contributed by atoms with van der Waals surface area (Å²) in [5.41, 5.74) is 0. The summed E-state index contributed by atoms with van der Waals surface area (Å²) in [7, 11) is 0. The fraction of sp³-hybridized carbons (Fsp3) is 0.900. The average molecular weight is 202 g/mol. The molecule has 0 aromatic rings. The van der Waals surface area contributed by atoms with Crippen LogP contribution in [0.25, 0.3) is 0 Å². The molecule has 13 heavy (non-hydrogen) atoms. The summed E-state index contributed by atoms with van der Waals surface area (Å²) in [6, 6.07) is 0. The quantitative estimate of drug-likeness (QED) is 0.594. The standard InChI is InChI=1S/C10H16ClNO/c1-7-4-5-12(6-9(7)11)10(13)8-2-3-8/h7-9H,2-6H2,1H3. The molecule has 0 aromatic heterocycles. The number of carbonyl (C=O) groups is 1. The monoisotopic (exact) mass is 201 g/mol. The van der Waals surface area contributed by atoms with E-state index in [1.165, 1.54) is 0 Å². The Balaban J connectivity index is 1.90. The van der Waals surface area contributed by atoms with Crippen molar-refractivity contribution >= 4 is 17.5 Å². The van der Waals surface area contributed by atoms with Crippen LogP contribution >= 0.6 is 11.6 Å². The van der Waals surface area contributed by atoms with Gasteiger partial charge >= 0.3 is 0 Å². The fourth-order valence-electron chi connectivity index (χ4n) is 1.81. The minimum atomic E-state index is 0.163. The lowest BCUT2D eigenvalue weighted by molar-refractivity contribution is -0.133. The number of nitrogens with zero attached hydrogens (tertiary/aromatic N) is 1. The topological polar surface area (TPSA) is 20.3 Å². The summed E-state index contributed by atoms with van der Waals surface area (Å²) in [4.78, 5) is 13.6. The van der Waals surface area contributed by atoms with Gasteiger partial charge in [0.25, 0.3) is 0 Å². The third-order valence-corrected chi connectivity index (χ3v) is 3.67. The summed E-state index contributed by atoms with van der Waals surface area (Å²) in [5.74, 6) is 1.25. The van der Waals surface area contributed by atoms with Crippen LogP contribution in [-0.2, 0) is 4.79 Å². The average Bonchev–Trinajstić information content (AvgIpc) is 2.91. The molecule has 2 aliphatic rings. The molecule has 2 rings (SSSR count). The predicted octanol–water partition coefficient (Wildman–Crippen LogP) is 1.87. The van der Waals surface area contributed by atoms with Crippen LogP contribution in [0.5, 0.6) is 0 Å². The van der Waals surface area contributed by atoms with Gasteiger partial charge in [-0.25, -0.2) is 0 Å². The minimum absolute atomic E-state index is 0.163. The van der Waals surface area contributed by atoms with Gasteiger partial charge < -0.3 is 4.90 Å². The van der Waals surface area contributed by atoms with Crippen LogP contribution in [0.3, 0.4) is 0 Å². The Kier molecular flexibility index (Phi) is 2.50. The third kappa shape index (κ3) is 1.98. The molecular formula is C10H16ClNO. The first-order valence-corrected chi connectivity index (χ1v) is 5.55. The Morgan fingerprint density at radius 2 is 2.08 bits per heavy atom. The van der Waals surface area contributed by atoms with Crippen molar-refractivity contribution in [2.75, 3.05) is 13.1 Å². The van der Waals surface area contributed by atoms with Crippen LogP contribution in [0.1, 0.15) is 26.2 Å². The molecule has 1 aliphatic carbocycles. The fourth-order valence-corrected chi connectivity index (χ4v) is 2.10. The number of amides is 1. The summed E-state index contributed by atoms with van der Waals surface area (Å²) < 4.78 is 0. The van der Waals surface area contributed by atoms with Gasteiger partial charge in [-0.2, -0.15) is 0 Å². The van der Waals surface area contributed by atoms with Crippen molar-refractivity contribution in [3.8, 4) is 0 Å². The zero-order valence-corrected chi connectivity index (χ0v) is 8.76. The summed E-state index contributed by atoms with van der Waals surface area (Å²) >= 11 is 6.14. The molecule has 1 saturated heterocycles. The highest BCUT2D eigenvalue weighted by molar-refractivity contribution is 6.21. The Bertz CT molecular complexity index is 215. The number of hydrogen-bond donors (Lipinski definition) is 0. The van der Waals surface area contributed by atoms with Gasteiger partial charge in [0.2, 0.25) is 5.91 Å². The largest absolute Gasteiger partial charge is 0.341 e. The van der Waals surface area contributed by atoms with Gasteiger partial charge in [0.15, 0.2) is 0 Å². The van der Waals surface area contributed by atoms with E-state index in [2.05, 4.69) is 6.92 Å². The highest BCUT2D eigenvalue weighted by Gasteiger charge is 2.36. The maximum atomic E-state index is 11.7. The summed E-state index contributed by atoms with van der Waals surface area (Å²) in [5, 5.41) is 0.163. The van der Waals surface area contributed by atoms with Crippen molar-refractivity contribution in [3.63, 3.8) is 0 Å². The molecule has 1 saturated carbocycles. The molecule has 74 valence electrons. The normalized spacial score (nSPS) is 34.8. The number of alkyl halides is 1. The van der Waals surface area contributed by atoms with Crippen molar-refractivity contribution in [2.45, 2.75) is 31.6 Å². The van der Waals surface area contributed by atoms with Crippen LogP contribution < -0.4 is 0 Å². The lowest BCUT2D eigenvalue weighted by Crippen LogP contribution is -2.44. The van der Waals surface area contributed by atoms with Crippen molar-refractivity contribution in [2.24, 2.45) is 11.8 Å². The first-order chi connectivity index (χ1) is 6.18. The van der Waals surface area contributed by atoms with Crippen molar-refractivity contribution in [1.82, 2.24) is 4.90 Å². The number of likely N-dealkylation sites (tertiary alicyclic amines) is 1. The molecule has 0 radical (unpaired) electrons. The van der Waals surface area contributed by atoms with Crippen molar-refractivity contribution in [3.05, 3.63) is 0 Å². The first kappa shape index (κ1) is 9.32. The molecule has 2 nitrogen and oxygen atoms in total. The van der Waals surface area contributed by atoms with Gasteiger partial charge in [-0.3, -0.25) is 4.79 Å². The Labute approximate surface area is 84.2 Å². The molecule has 0 aromatic carbocycles. The molecule has 1 amide bonds. The van der Waals surface area contributed by atoms with E-state index in [9.17, 15) is 4.79 Å². The minimum Gasteiger partial charge on any atom is -0.341 e. The van der Waals surface area contributed by atoms with Gasteiger partial charge in [-0.15, -0.1) is 11.6 Å². The van der Waals surface area contributed by atoms with E-state index in [1.807, 2.05) is 4.90 Å². The third-order valence-electron chi connectivity index (χ3n) is 3.10. The Hall–Kier alpha value is -0.240. The second-order valence-electron chi connectivity index (χ2n) is 4.34. The number of halogens is 1. The molecule has 1 aliphatic heterocycles. The second-order valence-corrected chi connectivity index (χ2v) is 4.90. The van der Waals surface area contributed by atoms with E-state index < -0.39 is 0 Å². The highest BCUT2D eigenvalue weighted by Crippen LogP contribution is 2.33. The number of hydrogen-bond acceptors (Lipinski definition) is 1. The van der Waals surface area contributed by atoms with Crippen LogP contribution in [-0.4, -0.2) is 29.3 Å². The van der Waals surface area contributed by atoms with E-state index >= 15 is 0 Å².